The van der Waals surface area contributed by atoms with Crippen LogP contribution < -0.4 is 5.32 Å². The second kappa shape index (κ2) is 5.89. The number of hydrogen-bond acceptors (Lipinski definition) is 2. The van der Waals surface area contributed by atoms with E-state index in [2.05, 4.69) is 21.3 Å². The van der Waals surface area contributed by atoms with Gasteiger partial charge < -0.3 is 15.2 Å². The van der Waals surface area contributed by atoms with E-state index < -0.39 is 0 Å². The molecule has 102 valence electrons. The highest BCUT2D eigenvalue weighted by Crippen LogP contribution is 2.16. The Labute approximate surface area is 113 Å². The van der Waals surface area contributed by atoms with E-state index in [4.69, 9.17) is 0 Å². The minimum absolute atomic E-state index is 0.0346. The maximum absolute atomic E-state index is 12.0. The summed E-state index contributed by atoms with van der Waals surface area (Å²) in [4.78, 5) is 17.2. The summed E-state index contributed by atoms with van der Waals surface area (Å²) in [6.45, 7) is 3.73. The molecule has 2 N–H and O–H groups in total. The van der Waals surface area contributed by atoms with Gasteiger partial charge in [-0.3, -0.25) is 4.79 Å². The fraction of sp³-hybridized carbons (Fsp3) is 0.400. The summed E-state index contributed by atoms with van der Waals surface area (Å²) in [6.07, 6.45) is 0.956. The standard InChI is InChI=1S/C15H21N3O/c1-11-5-6-13-12(9-11)10-14(17-13)15(19)16-7-4-8-18(2)3/h5-6,9-10,17H,4,7-8H2,1-3H3,(H,16,19). The van der Waals surface area contributed by atoms with Gasteiger partial charge in [-0.25, -0.2) is 0 Å². The van der Waals surface area contributed by atoms with Gasteiger partial charge in [0.25, 0.3) is 5.91 Å². The van der Waals surface area contributed by atoms with Gasteiger partial charge in [-0.15, -0.1) is 0 Å². The molecule has 0 aliphatic heterocycles. The van der Waals surface area contributed by atoms with Crippen molar-refractivity contribution in [2.24, 2.45) is 0 Å². The highest BCUT2D eigenvalue weighted by Gasteiger charge is 2.08. The van der Waals surface area contributed by atoms with Gasteiger partial charge >= 0.3 is 0 Å². The summed E-state index contributed by atoms with van der Waals surface area (Å²) in [5.74, 6) is -0.0346. The summed E-state index contributed by atoms with van der Waals surface area (Å²) < 4.78 is 0. The number of rotatable bonds is 5. The lowest BCUT2D eigenvalue weighted by Crippen LogP contribution is -2.27. The van der Waals surface area contributed by atoms with E-state index in [-0.39, 0.29) is 5.91 Å². The lowest BCUT2D eigenvalue weighted by Gasteiger charge is -2.09. The fourth-order valence-corrected chi connectivity index (χ4v) is 2.07. The summed E-state index contributed by atoms with van der Waals surface area (Å²) in [7, 11) is 4.06. The third-order valence-corrected chi connectivity index (χ3v) is 3.09. The van der Waals surface area contributed by atoms with E-state index in [1.165, 1.54) is 5.56 Å². The Morgan fingerprint density at radius 3 is 2.84 bits per heavy atom. The van der Waals surface area contributed by atoms with Crippen LogP contribution in [-0.4, -0.2) is 43.0 Å². The van der Waals surface area contributed by atoms with Crippen LogP contribution in [0.15, 0.2) is 24.3 Å². The van der Waals surface area contributed by atoms with Crippen molar-refractivity contribution in [3.05, 3.63) is 35.5 Å². The first-order valence-corrected chi connectivity index (χ1v) is 6.58. The van der Waals surface area contributed by atoms with E-state index in [9.17, 15) is 4.79 Å². The number of aryl methyl sites for hydroxylation is 1. The van der Waals surface area contributed by atoms with Crippen LogP contribution in [0.25, 0.3) is 10.9 Å². The van der Waals surface area contributed by atoms with E-state index in [1.807, 2.05) is 39.2 Å². The highest BCUT2D eigenvalue weighted by atomic mass is 16.1. The Balaban J connectivity index is 1.97. The molecular weight excluding hydrogens is 238 g/mol. The first kappa shape index (κ1) is 13.6. The third-order valence-electron chi connectivity index (χ3n) is 3.09. The number of amides is 1. The monoisotopic (exact) mass is 259 g/mol. The Kier molecular flexibility index (Phi) is 4.22. The van der Waals surface area contributed by atoms with Crippen molar-refractivity contribution in [3.63, 3.8) is 0 Å². The van der Waals surface area contributed by atoms with Gasteiger partial charge in [0.05, 0.1) is 0 Å². The number of carbonyl (C=O) groups excluding carboxylic acids is 1. The molecule has 0 saturated carbocycles. The topological polar surface area (TPSA) is 48.1 Å². The summed E-state index contributed by atoms with van der Waals surface area (Å²) in [6, 6.07) is 8.03. The number of fused-ring (bicyclic) bond motifs is 1. The number of aromatic amines is 1. The maximum atomic E-state index is 12.0. The summed E-state index contributed by atoms with van der Waals surface area (Å²) >= 11 is 0. The van der Waals surface area contributed by atoms with Gasteiger partial charge in [-0.05, 0) is 52.2 Å². The molecule has 2 rings (SSSR count). The molecule has 0 aliphatic rings. The molecule has 1 aromatic carbocycles. The molecule has 0 saturated heterocycles. The molecule has 0 radical (unpaired) electrons. The Hall–Kier alpha value is -1.81. The van der Waals surface area contributed by atoms with Gasteiger partial charge in [0.2, 0.25) is 0 Å². The van der Waals surface area contributed by atoms with Crippen LogP contribution in [0, 0.1) is 6.92 Å². The first-order chi connectivity index (χ1) is 9.06. The van der Waals surface area contributed by atoms with Crippen molar-refractivity contribution in [2.45, 2.75) is 13.3 Å². The molecular formula is C15H21N3O. The minimum Gasteiger partial charge on any atom is -0.351 e. The molecule has 0 aliphatic carbocycles. The SMILES string of the molecule is Cc1ccc2[nH]c(C(=O)NCCCN(C)C)cc2c1. The number of benzene rings is 1. The van der Waals surface area contributed by atoms with Crippen LogP contribution in [0.4, 0.5) is 0 Å². The van der Waals surface area contributed by atoms with Crippen molar-refractivity contribution in [3.8, 4) is 0 Å². The lowest BCUT2D eigenvalue weighted by atomic mass is 10.2. The van der Waals surface area contributed by atoms with Crippen LogP contribution in [0.3, 0.4) is 0 Å². The van der Waals surface area contributed by atoms with Crippen LogP contribution >= 0.6 is 0 Å². The second-order valence-corrected chi connectivity index (χ2v) is 5.19. The van der Waals surface area contributed by atoms with Gasteiger partial charge in [0, 0.05) is 17.4 Å². The van der Waals surface area contributed by atoms with Gasteiger partial charge in [0.1, 0.15) is 5.69 Å². The molecule has 1 amide bonds. The highest BCUT2D eigenvalue weighted by molar-refractivity contribution is 5.98. The van der Waals surface area contributed by atoms with Crippen LogP contribution in [0.5, 0.6) is 0 Å². The van der Waals surface area contributed by atoms with E-state index in [1.54, 1.807) is 0 Å². The molecule has 19 heavy (non-hydrogen) atoms. The number of H-pyrrole nitrogens is 1. The number of nitrogens with zero attached hydrogens (tertiary/aromatic N) is 1. The lowest BCUT2D eigenvalue weighted by molar-refractivity contribution is 0.0948. The van der Waals surface area contributed by atoms with Crippen molar-refractivity contribution < 1.29 is 4.79 Å². The van der Waals surface area contributed by atoms with Crippen LogP contribution in [0.2, 0.25) is 0 Å². The third kappa shape index (κ3) is 3.58. The number of nitrogens with one attached hydrogen (secondary N) is 2. The van der Waals surface area contributed by atoms with Crippen LogP contribution in [0.1, 0.15) is 22.5 Å². The number of aromatic nitrogens is 1. The molecule has 4 heteroatoms. The Bertz CT molecular complexity index is 572. The molecule has 0 atom stereocenters. The van der Waals surface area contributed by atoms with E-state index in [0.717, 1.165) is 23.9 Å². The molecule has 1 aromatic heterocycles. The largest absolute Gasteiger partial charge is 0.351 e. The van der Waals surface area contributed by atoms with Crippen LogP contribution in [-0.2, 0) is 0 Å². The quantitative estimate of drug-likeness (QED) is 0.808. The predicted octanol–water partition coefficient (Wildman–Crippen LogP) is 2.16. The molecule has 1 heterocycles. The summed E-state index contributed by atoms with van der Waals surface area (Å²) in [5, 5.41) is 4.01. The zero-order chi connectivity index (χ0) is 13.8. The Morgan fingerprint density at radius 1 is 1.32 bits per heavy atom. The van der Waals surface area contributed by atoms with Gasteiger partial charge in [-0.2, -0.15) is 0 Å². The zero-order valence-electron chi connectivity index (χ0n) is 11.8. The average molecular weight is 259 g/mol. The van der Waals surface area contributed by atoms with Crippen molar-refractivity contribution in [2.75, 3.05) is 27.2 Å². The molecule has 4 nitrogen and oxygen atoms in total. The molecule has 0 bridgehead atoms. The molecule has 0 fully saturated rings. The number of carbonyl (C=O) groups is 1. The second-order valence-electron chi connectivity index (χ2n) is 5.19. The maximum Gasteiger partial charge on any atom is 0.267 e. The zero-order valence-corrected chi connectivity index (χ0v) is 11.8. The smallest absolute Gasteiger partial charge is 0.267 e. The van der Waals surface area contributed by atoms with Crippen molar-refractivity contribution in [1.29, 1.82) is 0 Å². The van der Waals surface area contributed by atoms with Gasteiger partial charge in [0.15, 0.2) is 0 Å². The Morgan fingerprint density at radius 2 is 2.11 bits per heavy atom. The first-order valence-electron chi connectivity index (χ1n) is 6.58. The van der Waals surface area contributed by atoms with Crippen molar-refractivity contribution >= 4 is 16.8 Å². The van der Waals surface area contributed by atoms with E-state index >= 15 is 0 Å². The molecule has 0 spiro atoms. The van der Waals surface area contributed by atoms with Crippen molar-refractivity contribution in [1.82, 2.24) is 15.2 Å². The number of hydrogen-bond donors (Lipinski definition) is 2. The summed E-state index contributed by atoms with van der Waals surface area (Å²) in [5.41, 5.74) is 2.83. The van der Waals surface area contributed by atoms with Gasteiger partial charge in [-0.1, -0.05) is 11.6 Å². The normalized spacial score (nSPS) is 11.2. The fourth-order valence-electron chi connectivity index (χ4n) is 2.07. The predicted molar refractivity (Wildman–Crippen MR) is 78.5 cm³/mol. The average Bonchev–Trinajstić information content (AvgIpc) is 2.77. The minimum atomic E-state index is -0.0346. The van der Waals surface area contributed by atoms with E-state index in [0.29, 0.717) is 12.2 Å². The molecule has 2 aromatic rings. The molecule has 0 unspecified atom stereocenters.